The van der Waals surface area contributed by atoms with Crippen molar-refractivity contribution in [3.63, 3.8) is 0 Å². The number of rotatable bonds is 5. The summed E-state index contributed by atoms with van der Waals surface area (Å²) in [5, 5.41) is 0. The maximum Gasteiger partial charge on any atom is 0.320 e. The molecule has 1 saturated carbocycles. The fourth-order valence-electron chi connectivity index (χ4n) is 2.10. The summed E-state index contributed by atoms with van der Waals surface area (Å²) in [6.45, 7) is 3.83. The zero-order valence-electron chi connectivity index (χ0n) is 10.7. The van der Waals surface area contributed by atoms with Crippen molar-refractivity contribution in [1.29, 1.82) is 0 Å². The van der Waals surface area contributed by atoms with Crippen LogP contribution in [0, 0.1) is 5.92 Å². The molecule has 0 radical (unpaired) electrons. The summed E-state index contributed by atoms with van der Waals surface area (Å²) in [6.07, 6.45) is 5.70. The molecule has 1 atom stereocenters. The van der Waals surface area contributed by atoms with Crippen molar-refractivity contribution in [3.05, 3.63) is 0 Å². The maximum atomic E-state index is 11.8. The molecule has 0 aromatic carbocycles. The van der Waals surface area contributed by atoms with E-state index >= 15 is 0 Å². The third kappa shape index (κ3) is 4.36. The van der Waals surface area contributed by atoms with Gasteiger partial charge >= 0.3 is 11.9 Å². The van der Waals surface area contributed by atoms with Crippen LogP contribution in [-0.2, 0) is 19.1 Å². The summed E-state index contributed by atoms with van der Waals surface area (Å²) in [4.78, 5) is 23.4. The average Bonchev–Trinajstić information content (AvgIpc) is 2.31. The van der Waals surface area contributed by atoms with Crippen molar-refractivity contribution in [2.45, 2.75) is 58.5 Å². The van der Waals surface area contributed by atoms with E-state index in [0.717, 1.165) is 25.7 Å². The predicted octanol–water partition coefficient (Wildman–Crippen LogP) is 2.45. The minimum atomic E-state index is -0.753. The molecule has 4 heteroatoms. The van der Waals surface area contributed by atoms with Crippen LogP contribution in [0.15, 0.2) is 0 Å². The molecular formula is C13H22O4. The maximum absolute atomic E-state index is 11.8. The first-order chi connectivity index (χ1) is 8.19. The van der Waals surface area contributed by atoms with Crippen LogP contribution in [0.3, 0.4) is 0 Å². The Kier molecular flexibility index (Phi) is 6.01. The highest BCUT2D eigenvalue weighted by Crippen LogP contribution is 2.22. The molecule has 0 spiro atoms. The fraction of sp³-hybridized carbons (Fsp3) is 0.846. The number of carbonyl (C=O) groups is 2. The summed E-state index contributed by atoms with van der Waals surface area (Å²) in [5.74, 6) is -1.63. The zero-order valence-corrected chi connectivity index (χ0v) is 10.7. The van der Waals surface area contributed by atoms with Gasteiger partial charge in [0.25, 0.3) is 0 Å². The second-order valence-electron chi connectivity index (χ2n) is 4.41. The van der Waals surface area contributed by atoms with Crippen LogP contribution in [0.1, 0.15) is 52.4 Å². The van der Waals surface area contributed by atoms with Gasteiger partial charge in [-0.2, -0.15) is 0 Å². The first kappa shape index (κ1) is 14.0. The van der Waals surface area contributed by atoms with E-state index in [4.69, 9.17) is 9.47 Å². The second-order valence-corrected chi connectivity index (χ2v) is 4.41. The van der Waals surface area contributed by atoms with Crippen molar-refractivity contribution >= 4 is 11.9 Å². The van der Waals surface area contributed by atoms with Crippen LogP contribution < -0.4 is 0 Å². The monoisotopic (exact) mass is 242 g/mol. The highest BCUT2D eigenvalue weighted by Gasteiger charge is 2.30. The SMILES string of the molecule is CCOC(=O)C(CC)C(=O)OC1CCCCC1. The Morgan fingerprint density at radius 3 is 2.29 bits per heavy atom. The fourth-order valence-corrected chi connectivity index (χ4v) is 2.10. The molecule has 0 aromatic heterocycles. The molecule has 4 nitrogen and oxygen atoms in total. The van der Waals surface area contributed by atoms with Crippen LogP contribution in [0.5, 0.6) is 0 Å². The normalized spacial score (nSPS) is 18.5. The molecule has 1 unspecified atom stereocenters. The van der Waals surface area contributed by atoms with Crippen molar-refractivity contribution in [2.75, 3.05) is 6.61 Å². The lowest BCUT2D eigenvalue weighted by Gasteiger charge is -2.23. The second kappa shape index (κ2) is 7.30. The average molecular weight is 242 g/mol. The third-order valence-electron chi connectivity index (χ3n) is 3.10. The van der Waals surface area contributed by atoms with Crippen LogP contribution in [0.2, 0.25) is 0 Å². The molecular weight excluding hydrogens is 220 g/mol. The highest BCUT2D eigenvalue weighted by molar-refractivity contribution is 5.94. The van der Waals surface area contributed by atoms with Gasteiger partial charge in [-0.1, -0.05) is 13.3 Å². The van der Waals surface area contributed by atoms with Gasteiger partial charge in [0.15, 0.2) is 5.92 Å². The minimum Gasteiger partial charge on any atom is -0.465 e. The van der Waals surface area contributed by atoms with Gasteiger partial charge in [0.2, 0.25) is 0 Å². The standard InChI is InChI=1S/C13H22O4/c1-3-11(12(14)16-4-2)13(15)17-10-8-6-5-7-9-10/h10-11H,3-9H2,1-2H3. The van der Waals surface area contributed by atoms with Crippen LogP contribution in [0.25, 0.3) is 0 Å². The van der Waals surface area contributed by atoms with Gasteiger partial charge in [0.05, 0.1) is 6.61 Å². The van der Waals surface area contributed by atoms with Gasteiger partial charge in [-0.15, -0.1) is 0 Å². The quantitative estimate of drug-likeness (QED) is 0.549. The number of ether oxygens (including phenoxy) is 2. The largest absolute Gasteiger partial charge is 0.465 e. The number of esters is 2. The number of carbonyl (C=O) groups excluding carboxylic acids is 2. The molecule has 0 heterocycles. The third-order valence-corrected chi connectivity index (χ3v) is 3.10. The Labute approximate surface area is 103 Å². The minimum absolute atomic E-state index is 0.000253. The Hall–Kier alpha value is -1.06. The van der Waals surface area contributed by atoms with Crippen LogP contribution in [-0.4, -0.2) is 24.6 Å². The molecule has 0 N–H and O–H groups in total. The smallest absolute Gasteiger partial charge is 0.320 e. The molecule has 1 rings (SSSR count). The summed E-state index contributed by atoms with van der Waals surface area (Å²) in [5.41, 5.74) is 0. The van der Waals surface area contributed by atoms with E-state index in [1.165, 1.54) is 6.42 Å². The van der Waals surface area contributed by atoms with Gasteiger partial charge in [-0.25, -0.2) is 0 Å². The van der Waals surface area contributed by atoms with E-state index in [1.54, 1.807) is 13.8 Å². The van der Waals surface area contributed by atoms with E-state index in [1.807, 2.05) is 0 Å². The summed E-state index contributed by atoms with van der Waals surface area (Å²) in [6, 6.07) is 0. The summed E-state index contributed by atoms with van der Waals surface area (Å²) >= 11 is 0. The molecule has 1 aliphatic carbocycles. The first-order valence-electron chi connectivity index (χ1n) is 6.56. The zero-order chi connectivity index (χ0) is 12.7. The van der Waals surface area contributed by atoms with Crippen LogP contribution in [0.4, 0.5) is 0 Å². The summed E-state index contributed by atoms with van der Waals surface area (Å²) in [7, 11) is 0. The van der Waals surface area contributed by atoms with Gasteiger partial charge in [-0.3, -0.25) is 9.59 Å². The molecule has 0 amide bonds. The molecule has 0 aliphatic heterocycles. The Morgan fingerprint density at radius 2 is 1.76 bits per heavy atom. The molecule has 17 heavy (non-hydrogen) atoms. The molecule has 98 valence electrons. The predicted molar refractivity (Wildman–Crippen MR) is 63.4 cm³/mol. The Balaban J connectivity index is 2.44. The van der Waals surface area contributed by atoms with Crippen LogP contribution >= 0.6 is 0 Å². The molecule has 0 saturated heterocycles. The highest BCUT2D eigenvalue weighted by atomic mass is 16.6. The van der Waals surface area contributed by atoms with Crippen molar-refractivity contribution < 1.29 is 19.1 Å². The topological polar surface area (TPSA) is 52.6 Å². The summed E-state index contributed by atoms with van der Waals surface area (Å²) < 4.78 is 10.2. The Morgan fingerprint density at radius 1 is 1.12 bits per heavy atom. The first-order valence-corrected chi connectivity index (χ1v) is 6.56. The lowest BCUT2D eigenvalue weighted by Crippen LogP contribution is -2.31. The van der Waals surface area contributed by atoms with Crippen molar-refractivity contribution in [3.8, 4) is 0 Å². The number of hydrogen-bond acceptors (Lipinski definition) is 4. The molecule has 1 aliphatic rings. The lowest BCUT2D eigenvalue weighted by molar-refractivity contribution is -0.166. The Bertz CT molecular complexity index is 256. The van der Waals surface area contributed by atoms with Gasteiger partial charge in [0, 0.05) is 0 Å². The van der Waals surface area contributed by atoms with Gasteiger partial charge in [0.1, 0.15) is 6.10 Å². The molecule has 1 fully saturated rings. The van der Waals surface area contributed by atoms with Crippen molar-refractivity contribution in [1.82, 2.24) is 0 Å². The van der Waals surface area contributed by atoms with Gasteiger partial charge < -0.3 is 9.47 Å². The lowest BCUT2D eigenvalue weighted by atomic mass is 9.97. The van der Waals surface area contributed by atoms with E-state index < -0.39 is 17.9 Å². The molecule has 0 aromatic rings. The van der Waals surface area contributed by atoms with Gasteiger partial charge in [-0.05, 0) is 39.0 Å². The van der Waals surface area contributed by atoms with Crippen molar-refractivity contribution in [2.24, 2.45) is 5.92 Å². The number of hydrogen-bond donors (Lipinski definition) is 0. The van der Waals surface area contributed by atoms with E-state index in [2.05, 4.69) is 0 Å². The van der Waals surface area contributed by atoms with E-state index in [9.17, 15) is 9.59 Å². The van der Waals surface area contributed by atoms with E-state index in [0.29, 0.717) is 13.0 Å². The molecule has 0 bridgehead atoms. The van der Waals surface area contributed by atoms with E-state index in [-0.39, 0.29) is 6.10 Å².